The first-order valence-electron chi connectivity index (χ1n) is 2.15. The fourth-order valence-corrected chi connectivity index (χ4v) is 0.474. The maximum Gasteiger partial charge on any atom is 0.156 e. The Labute approximate surface area is 52.4 Å². The lowest BCUT2D eigenvalue weighted by atomic mass is 10.4. The highest BCUT2D eigenvalue weighted by Crippen LogP contribution is 2.17. The standard InChI is InChI=1S/C5H5ClNO/c1-3-5(6)4(2)8-7-3/h2H2,1H3. The number of rotatable bonds is 0. The van der Waals surface area contributed by atoms with Crippen LogP contribution in [0.2, 0.25) is 5.02 Å². The second-order valence-electron chi connectivity index (χ2n) is 1.51. The summed E-state index contributed by atoms with van der Waals surface area (Å²) in [5, 5.41) is 4.06. The third-order valence-corrected chi connectivity index (χ3v) is 1.34. The fourth-order valence-electron chi connectivity index (χ4n) is 0.405. The molecule has 8 heavy (non-hydrogen) atoms. The number of halogens is 1. The molecule has 1 heterocycles. The van der Waals surface area contributed by atoms with E-state index in [-0.39, 0.29) is 0 Å². The highest BCUT2D eigenvalue weighted by molar-refractivity contribution is 6.31. The zero-order chi connectivity index (χ0) is 6.15. The van der Waals surface area contributed by atoms with Gasteiger partial charge in [0.2, 0.25) is 0 Å². The van der Waals surface area contributed by atoms with Crippen molar-refractivity contribution in [3.63, 3.8) is 0 Å². The van der Waals surface area contributed by atoms with Crippen LogP contribution in [0.3, 0.4) is 0 Å². The van der Waals surface area contributed by atoms with Gasteiger partial charge in [0.05, 0.1) is 5.69 Å². The molecule has 1 radical (unpaired) electrons. The van der Waals surface area contributed by atoms with Crippen molar-refractivity contribution in [3.05, 3.63) is 23.4 Å². The van der Waals surface area contributed by atoms with Crippen LogP contribution < -0.4 is 0 Å². The van der Waals surface area contributed by atoms with Gasteiger partial charge in [-0.2, -0.15) is 0 Å². The maximum absolute atomic E-state index is 5.57. The molecule has 0 fully saturated rings. The van der Waals surface area contributed by atoms with Crippen LogP contribution in [0.4, 0.5) is 0 Å². The van der Waals surface area contributed by atoms with Crippen LogP contribution >= 0.6 is 11.6 Å². The van der Waals surface area contributed by atoms with Crippen LogP contribution in [0.15, 0.2) is 4.52 Å². The van der Waals surface area contributed by atoms with E-state index in [0.717, 1.165) is 0 Å². The quantitative estimate of drug-likeness (QED) is 0.536. The topological polar surface area (TPSA) is 26.0 Å². The molecule has 0 aromatic carbocycles. The molecule has 0 aliphatic heterocycles. The molecule has 2 nitrogen and oxygen atoms in total. The van der Waals surface area contributed by atoms with Crippen LogP contribution in [-0.2, 0) is 0 Å². The van der Waals surface area contributed by atoms with E-state index in [2.05, 4.69) is 16.6 Å². The molecule has 0 aliphatic rings. The van der Waals surface area contributed by atoms with Crippen molar-refractivity contribution >= 4 is 11.6 Å². The van der Waals surface area contributed by atoms with Crippen molar-refractivity contribution in [1.29, 1.82) is 0 Å². The lowest BCUT2D eigenvalue weighted by molar-refractivity contribution is 0.402. The summed E-state index contributed by atoms with van der Waals surface area (Å²) in [5.41, 5.74) is 0.691. The summed E-state index contributed by atoms with van der Waals surface area (Å²) in [4.78, 5) is 0. The maximum atomic E-state index is 5.57. The lowest BCUT2D eigenvalue weighted by Crippen LogP contribution is -1.66. The van der Waals surface area contributed by atoms with Gasteiger partial charge in [0.1, 0.15) is 5.02 Å². The van der Waals surface area contributed by atoms with Gasteiger partial charge in [0, 0.05) is 6.92 Å². The van der Waals surface area contributed by atoms with Crippen LogP contribution in [0.1, 0.15) is 11.5 Å². The molecule has 0 saturated heterocycles. The van der Waals surface area contributed by atoms with Crippen LogP contribution in [0, 0.1) is 13.8 Å². The van der Waals surface area contributed by atoms with Crippen molar-refractivity contribution in [2.45, 2.75) is 6.92 Å². The van der Waals surface area contributed by atoms with Gasteiger partial charge in [-0.15, -0.1) is 0 Å². The molecule has 0 saturated carbocycles. The Morgan fingerprint density at radius 2 is 2.38 bits per heavy atom. The third kappa shape index (κ3) is 0.713. The number of aromatic nitrogens is 1. The van der Waals surface area contributed by atoms with Crippen molar-refractivity contribution in [2.75, 3.05) is 0 Å². The first-order chi connectivity index (χ1) is 3.72. The minimum Gasteiger partial charge on any atom is -0.360 e. The highest BCUT2D eigenvalue weighted by atomic mass is 35.5. The molecule has 1 aromatic rings. The Morgan fingerprint density at radius 3 is 2.50 bits per heavy atom. The zero-order valence-corrected chi connectivity index (χ0v) is 5.20. The van der Waals surface area contributed by atoms with Gasteiger partial charge in [0.15, 0.2) is 5.76 Å². The molecular weight excluding hydrogens is 126 g/mol. The normalized spacial score (nSPS) is 9.88. The summed E-state index contributed by atoms with van der Waals surface area (Å²) in [6.07, 6.45) is 0. The molecule has 3 heteroatoms. The summed E-state index contributed by atoms with van der Waals surface area (Å²) in [6.45, 7) is 5.24. The predicted octanol–water partition coefficient (Wildman–Crippen LogP) is 1.82. The van der Waals surface area contributed by atoms with E-state index in [1.807, 2.05) is 0 Å². The lowest BCUT2D eigenvalue weighted by Gasteiger charge is -1.77. The largest absolute Gasteiger partial charge is 0.360 e. The summed E-state index contributed by atoms with van der Waals surface area (Å²) < 4.78 is 4.60. The Morgan fingerprint density at radius 1 is 1.75 bits per heavy atom. The zero-order valence-electron chi connectivity index (χ0n) is 4.44. The molecule has 0 aliphatic carbocycles. The molecule has 43 valence electrons. The smallest absolute Gasteiger partial charge is 0.156 e. The van der Waals surface area contributed by atoms with Crippen molar-refractivity contribution in [2.24, 2.45) is 0 Å². The van der Waals surface area contributed by atoms with Crippen LogP contribution in [0.25, 0.3) is 0 Å². The number of aryl methyl sites for hydroxylation is 1. The Kier molecular flexibility index (Phi) is 1.26. The van der Waals surface area contributed by atoms with Gasteiger partial charge >= 0.3 is 0 Å². The number of hydrogen-bond donors (Lipinski definition) is 0. The second kappa shape index (κ2) is 1.78. The minimum absolute atomic E-state index is 0.434. The van der Waals surface area contributed by atoms with Crippen LogP contribution in [-0.4, -0.2) is 5.16 Å². The SMILES string of the molecule is [CH2]c1onc(C)c1Cl. The van der Waals surface area contributed by atoms with Crippen molar-refractivity contribution in [3.8, 4) is 0 Å². The van der Waals surface area contributed by atoms with Gasteiger partial charge in [-0.1, -0.05) is 16.8 Å². The average Bonchev–Trinajstić information content (AvgIpc) is 1.98. The van der Waals surface area contributed by atoms with E-state index in [0.29, 0.717) is 16.5 Å². The van der Waals surface area contributed by atoms with Crippen LogP contribution in [0.5, 0.6) is 0 Å². The Hall–Kier alpha value is -0.500. The van der Waals surface area contributed by atoms with Gasteiger partial charge in [-0.3, -0.25) is 0 Å². The molecule has 0 amide bonds. The van der Waals surface area contributed by atoms with Gasteiger partial charge in [-0.25, -0.2) is 0 Å². The minimum atomic E-state index is 0.434. The summed E-state index contributed by atoms with van der Waals surface area (Å²) in [6, 6.07) is 0. The first kappa shape index (κ1) is 5.63. The third-order valence-electron chi connectivity index (χ3n) is 0.855. The van der Waals surface area contributed by atoms with Crippen molar-refractivity contribution < 1.29 is 4.52 Å². The molecule has 0 unspecified atom stereocenters. The summed E-state index contributed by atoms with van der Waals surface area (Å²) in [7, 11) is 0. The van der Waals surface area contributed by atoms with E-state index in [4.69, 9.17) is 11.6 Å². The number of hydrogen-bond acceptors (Lipinski definition) is 2. The average molecular weight is 131 g/mol. The van der Waals surface area contributed by atoms with Crippen molar-refractivity contribution in [1.82, 2.24) is 5.16 Å². The summed E-state index contributed by atoms with van der Waals surface area (Å²) in [5.74, 6) is 0.434. The first-order valence-corrected chi connectivity index (χ1v) is 2.53. The summed E-state index contributed by atoms with van der Waals surface area (Å²) >= 11 is 5.57. The van der Waals surface area contributed by atoms with Gasteiger partial charge in [-0.05, 0) is 6.92 Å². The second-order valence-corrected chi connectivity index (χ2v) is 1.88. The van der Waals surface area contributed by atoms with E-state index in [1.54, 1.807) is 6.92 Å². The Balaban J connectivity index is 3.19. The molecule has 0 atom stereocenters. The van der Waals surface area contributed by atoms with Gasteiger partial charge < -0.3 is 4.52 Å². The van der Waals surface area contributed by atoms with E-state index >= 15 is 0 Å². The van der Waals surface area contributed by atoms with E-state index in [1.165, 1.54) is 0 Å². The fraction of sp³-hybridized carbons (Fsp3) is 0.200. The van der Waals surface area contributed by atoms with E-state index < -0.39 is 0 Å². The monoisotopic (exact) mass is 130 g/mol. The molecule has 1 aromatic heterocycles. The molecule has 0 bridgehead atoms. The molecule has 1 rings (SSSR count). The van der Waals surface area contributed by atoms with Gasteiger partial charge in [0.25, 0.3) is 0 Å². The molecule has 0 N–H and O–H groups in total. The predicted molar refractivity (Wildman–Crippen MR) is 30.7 cm³/mol. The highest BCUT2D eigenvalue weighted by Gasteiger charge is 2.02. The Bertz CT molecular complexity index is 175. The van der Waals surface area contributed by atoms with E-state index in [9.17, 15) is 0 Å². The number of nitrogens with zero attached hydrogens (tertiary/aromatic N) is 1. The molecule has 0 spiro atoms. The molecular formula is C5H5ClNO.